The van der Waals surface area contributed by atoms with Gasteiger partial charge in [-0.1, -0.05) is 19.8 Å². The lowest BCUT2D eigenvalue weighted by atomic mass is 10.2. The van der Waals surface area contributed by atoms with Crippen molar-refractivity contribution in [3.8, 4) is 0 Å². The highest BCUT2D eigenvalue weighted by Crippen LogP contribution is 2.01. The Kier molecular flexibility index (Phi) is 4.83. The van der Waals surface area contributed by atoms with Crippen LogP contribution in [0.15, 0.2) is 0 Å². The van der Waals surface area contributed by atoms with Gasteiger partial charge in [0.15, 0.2) is 0 Å². The van der Waals surface area contributed by atoms with Crippen LogP contribution in [-0.2, 0) is 4.79 Å². The second-order valence-electron chi connectivity index (χ2n) is 3.71. The van der Waals surface area contributed by atoms with E-state index in [2.05, 4.69) is 17.6 Å². The number of unbranched alkanes of at least 4 members (excludes halogenated alkanes) is 2. The van der Waals surface area contributed by atoms with E-state index in [1.54, 1.807) is 0 Å². The highest BCUT2D eigenvalue weighted by atomic mass is 16.1. The van der Waals surface area contributed by atoms with Crippen molar-refractivity contribution in [1.82, 2.24) is 10.6 Å². The number of hydrogen-bond acceptors (Lipinski definition) is 2. The summed E-state index contributed by atoms with van der Waals surface area (Å²) < 4.78 is 0. The SMILES string of the molecule is CCCCCC(=O)N[C@@H]1CCNC1. The van der Waals surface area contributed by atoms with Crippen molar-refractivity contribution in [1.29, 1.82) is 0 Å². The molecule has 76 valence electrons. The molecular formula is C10H20N2O. The van der Waals surface area contributed by atoms with Gasteiger partial charge in [0.25, 0.3) is 0 Å². The maximum Gasteiger partial charge on any atom is 0.220 e. The third-order valence-electron chi connectivity index (χ3n) is 2.43. The fourth-order valence-corrected chi connectivity index (χ4v) is 1.61. The van der Waals surface area contributed by atoms with E-state index in [0.717, 1.165) is 32.4 Å². The van der Waals surface area contributed by atoms with Gasteiger partial charge in [-0.25, -0.2) is 0 Å². The zero-order valence-electron chi connectivity index (χ0n) is 8.44. The normalized spacial score (nSPS) is 21.8. The van der Waals surface area contributed by atoms with Crippen LogP contribution in [0.3, 0.4) is 0 Å². The number of amides is 1. The maximum absolute atomic E-state index is 11.3. The topological polar surface area (TPSA) is 41.1 Å². The molecule has 0 spiro atoms. The van der Waals surface area contributed by atoms with E-state index >= 15 is 0 Å². The highest BCUT2D eigenvalue weighted by Gasteiger charge is 2.15. The van der Waals surface area contributed by atoms with E-state index < -0.39 is 0 Å². The van der Waals surface area contributed by atoms with Crippen LogP contribution in [0.2, 0.25) is 0 Å². The van der Waals surface area contributed by atoms with Crippen LogP contribution in [0, 0.1) is 0 Å². The summed E-state index contributed by atoms with van der Waals surface area (Å²) in [5, 5.41) is 6.27. The van der Waals surface area contributed by atoms with Gasteiger partial charge in [-0.05, 0) is 19.4 Å². The molecule has 0 aromatic heterocycles. The molecule has 1 heterocycles. The largest absolute Gasteiger partial charge is 0.352 e. The summed E-state index contributed by atoms with van der Waals surface area (Å²) in [7, 11) is 0. The fourth-order valence-electron chi connectivity index (χ4n) is 1.61. The highest BCUT2D eigenvalue weighted by molar-refractivity contribution is 5.76. The molecule has 1 fully saturated rings. The molecule has 2 N–H and O–H groups in total. The van der Waals surface area contributed by atoms with E-state index in [1.807, 2.05) is 0 Å². The first kappa shape index (κ1) is 10.5. The second kappa shape index (κ2) is 5.97. The minimum atomic E-state index is 0.224. The molecule has 1 atom stereocenters. The zero-order chi connectivity index (χ0) is 9.52. The standard InChI is InChI=1S/C10H20N2O/c1-2-3-4-5-10(13)12-9-6-7-11-8-9/h9,11H,2-8H2,1H3,(H,12,13)/t9-/m1/s1. The molecule has 1 amide bonds. The Morgan fingerprint density at radius 3 is 3.00 bits per heavy atom. The van der Waals surface area contributed by atoms with Gasteiger partial charge >= 0.3 is 0 Å². The average molecular weight is 184 g/mol. The summed E-state index contributed by atoms with van der Waals surface area (Å²) in [5.74, 6) is 0.224. The number of carbonyl (C=O) groups excluding carboxylic acids is 1. The van der Waals surface area contributed by atoms with Crippen LogP contribution in [0.1, 0.15) is 39.0 Å². The molecule has 0 radical (unpaired) electrons. The number of rotatable bonds is 5. The van der Waals surface area contributed by atoms with Crippen molar-refractivity contribution in [2.45, 2.75) is 45.1 Å². The number of carbonyl (C=O) groups is 1. The van der Waals surface area contributed by atoms with Crippen molar-refractivity contribution in [3.05, 3.63) is 0 Å². The minimum Gasteiger partial charge on any atom is -0.352 e. The van der Waals surface area contributed by atoms with Crippen LogP contribution < -0.4 is 10.6 Å². The predicted octanol–water partition coefficient (Wildman–Crippen LogP) is 1.04. The van der Waals surface area contributed by atoms with Crippen LogP contribution in [0.4, 0.5) is 0 Å². The van der Waals surface area contributed by atoms with E-state index in [4.69, 9.17) is 0 Å². The first-order valence-electron chi connectivity index (χ1n) is 5.33. The first-order chi connectivity index (χ1) is 6.33. The molecule has 0 saturated carbocycles. The lowest BCUT2D eigenvalue weighted by molar-refractivity contribution is -0.121. The molecule has 3 nitrogen and oxygen atoms in total. The van der Waals surface area contributed by atoms with Crippen LogP contribution in [-0.4, -0.2) is 25.0 Å². The van der Waals surface area contributed by atoms with Crippen molar-refractivity contribution in [2.24, 2.45) is 0 Å². The second-order valence-corrected chi connectivity index (χ2v) is 3.71. The van der Waals surface area contributed by atoms with Gasteiger partial charge in [-0.2, -0.15) is 0 Å². The van der Waals surface area contributed by atoms with Crippen LogP contribution >= 0.6 is 0 Å². The molecule has 1 aliphatic rings. The van der Waals surface area contributed by atoms with Crippen molar-refractivity contribution >= 4 is 5.91 Å². The van der Waals surface area contributed by atoms with Gasteiger partial charge in [0, 0.05) is 19.0 Å². The quantitative estimate of drug-likeness (QED) is 0.627. The molecule has 0 bridgehead atoms. The van der Waals surface area contributed by atoms with Gasteiger partial charge in [0.1, 0.15) is 0 Å². The van der Waals surface area contributed by atoms with E-state index in [0.29, 0.717) is 12.5 Å². The summed E-state index contributed by atoms with van der Waals surface area (Å²) in [6.45, 7) is 4.14. The Balaban J connectivity index is 2.02. The maximum atomic E-state index is 11.3. The Hall–Kier alpha value is -0.570. The van der Waals surface area contributed by atoms with E-state index in [9.17, 15) is 4.79 Å². The van der Waals surface area contributed by atoms with Crippen LogP contribution in [0.25, 0.3) is 0 Å². The van der Waals surface area contributed by atoms with E-state index in [1.165, 1.54) is 6.42 Å². The third-order valence-corrected chi connectivity index (χ3v) is 2.43. The Labute approximate surface area is 80.3 Å². The molecule has 1 saturated heterocycles. The lowest BCUT2D eigenvalue weighted by Crippen LogP contribution is -2.35. The van der Waals surface area contributed by atoms with E-state index in [-0.39, 0.29) is 5.91 Å². The molecule has 0 unspecified atom stereocenters. The van der Waals surface area contributed by atoms with Crippen molar-refractivity contribution in [2.75, 3.05) is 13.1 Å². The van der Waals surface area contributed by atoms with Gasteiger partial charge < -0.3 is 10.6 Å². The number of nitrogens with one attached hydrogen (secondary N) is 2. The van der Waals surface area contributed by atoms with Crippen molar-refractivity contribution in [3.63, 3.8) is 0 Å². The molecule has 1 aliphatic heterocycles. The minimum absolute atomic E-state index is 0.224. The third kappa shape index (κ3) is 4.27. The summed E-state index contributed by atoms with van der Waals surface area (Å²) in [5.41, 5.74) is 0. The van der Waals surface area contributed by atoms with Gasteiger partial charge in [-0.3, -0.25) is 4.79 Å². The molecule has 3 heteroatoms. The first-order valence-corrected chi connectivity index (χ1v) is 5.33. The summed E-state index contributed by atoms with van der Waals surface area (Å²) >= 11 is 0. The Bertz CT molecular complexity index is 153. The average Bonchev–Trinajstić information content (AvgIpc) is 2.57. The summed E-state index contributed by atoms with van der Waals surface area (Å²) in [6.07, 6.45) is 5.15. The van der Waals surface area contributed by atoms with Gasteiger partial charge in [-0.15, -0.1) is 0 Å². The van der Waals surface area contributed by atoms with Gasteiger partial charge in [0.05, 0.1) is 0 Å². The molecule has 0 aliphatic carbocycles. The number of hydrogen-bond donors (Lipinski definition) is 2. The molecule has 0 aromatic carbocycles. The lowest BCUT2D eigenvalue weighted by Gasteiger charge is -2.10. The molecular weight excluding hydrogens is 164 g/mol. The van der Waals surface area contributed by atoms with Crippen LogP contribution in [0.5, 0.6) is 0 Å². The molecule has 1 rings (SSSR count). The Morgan fingerprint density at radius 1 is 1.54 bits per heavy atom. The van der Waals surface area contributed by atoms with Gasteiger partial charge in [0.2, 0.25) is 5.91 Å². The molecule has 13 heavy (non-hydrogen) atoms. The molecule has 0 aromatic rings. The zero-order valence-corrected chi connectivity index (χ0v) is 8.44. The monoisotopic (exact) mass is 184 g/mol. The smallest absolute Gasteiger partial charge is 0.220 e. The Morgan fingerprint density at radius 2 is 2.38 bits per heavy atom. The summed E-state index contributed by atoms with van der Waals surface area (Å²) in [4.78, 5) is 11.3. The van der Waals surface area contributed by atoms with Crippen molar-refractivity contribution < 1.29 is 4.79 Å². The predicted molar refractivity (Wildman–Crippen MR) is 53.6 cm³/mol. The summed E-state index contributed by atoms with van der Waals surface area (Å²) in [6, 6.07) is 0.383. The fraction of sp³-hybridized carbons (Fsp3) is 0.900.